The first-order valence-electron chi connectivity index (χ1n) is 9.70. The highest BCUT2D eigenvalue weighted by molar-refractivity contribution is 6.10. The molecule has 156 valence electrons. The van der Waals surface area contributed by atoms with Crippen molar-refractivity contribution in [3.05, 3.63) is 28.3 Å². The molecule has 1 atom stereocenters. The third-order valence-corrected chi connectivity index (χ3v) is 5.56. The Morgan fingerprint density at radius 3 is 1.93 bits per heavy atom. The molecule has 1 rings (SSSR count). The molecular formula is C23H36O4Si. The maximum Gasteiger partial charge on any atom is 0.204 e. The number of hydrogen-bond donors (Lipinski definition) is 0. The van der Waals surface area contributed by atoms with Gasteiger partial charge in [-0.3, -0.25) is 9.59 Å². The summed E-state index contributed by atoms with van der Waals surface area (Å²) in [6.45, 7) is 17.7. The second-order valence-corrected chi connectivity index (χ2v) is 9.84. The number of carbonyl (C=O) groups is 2. The third kappa shape index (κ3) is 4.93. The predicted octanol–water partition coefficient (Wildman–Crippen LogP) is 4.10. The van der Waals surface area contributed by atoms with Crippen molar-refractivity contribution in [2.24, 2.45) is 11.3 Å². The van der Waals surface area contributed by atoms with Gasteiger partial charge in [0.25, 0.3) is 0 Å². The molecule has 1 aromatic rings. The average Bonchev–Trinajstić information content (AvgIpc) is 2.58. The van der Waals surface area contributed by atoms with Crippen LogP contribution in [-0.4, -0.2) is 29.2 Å². The van der Waals surface area contributed by atoms with Crippen molar-refractivity contribution in [2.75, 3.05) is 7.11 Å². The highest BCUT2D eigenvalue weighted by Gasteiger charge is 2.31. The zero-order valence-electron chi connectivity index (χ0n) is 19.4. The minimum atomic E-state index is -0.672. The topological polar surface area (TPSA) is 52.6 Å². The number of ether oxygens (including phenoxy) is 1. The largest absolute Gasteiger partial charge is 0.550 e. The lowest BCUT2D eigenvalue weighted by atomic mass is 9.80. The number of rotatable bonds is 6. The van der Waals surface area contributed by atoms with Crippen molar-refractivity contribution >= 4 is 28.1 Å². The molecule has 1 unspecified atom stereocenters. The molecule has 28 heavy (non-hydrogen) atoms. The summed E-state index contributed by atoms with van der Waals surface area (Å²) in [4.78, 5) is 25.0. The summed E-state index contributed by atoms with van der Waals surface area (Å²) >= 11 is 0. The van der Waals surface area contributed by atoms with E-state index < -0.39 is 11.3 Å². The van der Waals surface area contributed by atoms with Crippen LogP contribution in [0.25, 0.3) is 6.08 Å². The Balaban J connectivity index is 3.51. The Labute approximate surface area is 173 Å². The normalized spacial score (nSPS) is 13.6. The van der Waals surface area contributed by atoms with Gasteiger partial charge in [-0.25, -0.2) is 0 Å². The van der Waals surface area contributed by atoms with Gasteiger partial charge in [-0.2, -0.15) is 0 Å². The maximum atomic E-state index is 12.6. The molecule has 4 nitrogen and oxygen atoms in total. The Hall–Kier alpha value is -1.88. The van der Waals surface area contributed by atoms with Crippen molar-refractivity contribution < 1.29 is 18.8 Å². The van der Waals surface area contributed by atoms with Crippen LogP contribution in [0.5, 0.6) is 11.5 Å². The first-order chi connectivity index (χ1) is 12.7. The van der Waals surface area contributed by atoms with E-state index in [-0.39, 0.29) is 17.0 Å². The fraction of sp³-hybridized carbons (Fsp3) is 0.565. The lowest BCUT2D eigenvalue weighted by molar-refractivity contribution is -0.135. The minimum Gasteiger partial charge on any atom is -0.550 e. The molecule has 0 N–H and O–H groups in total. The molecule has 0 aromatic heterocycles. The lowest BCUT2D eigenvalue weighted by Gasteiger charge is -2.29. The molecule has 0 saturated carbocycles. The fourth-order valence-electron chi connectivity index (χ4n) is 3.56. The predicted molar refractivity (Wildman–Crippen MR) is 119 cm³/mol. The summed E-state index contributed by atoms with van der Waals surface area (Å²) in [5.41, 5.74) is 3.46. The second kappa shape index (κ2) is 8.64. The van der Waals surface area contributed by atoms with Crippen LogP contribution in [0.2, 0.25) is 0 Å². The van der Waals surface area contributed by atoms with Gasteiger partial charge in [-0.05, 0) is 49.5 Å². The van der Waals surface area contributed by atoms with Crippen molar-refractivity contribution in [2.45, 2.75) is 67.7 Å². The summed E-state index contributed by atoms with van der Waals surface area (Å²) < 4.78 is 11.5. The van der Waals surface area contributed by atoms with Gasteiger partial charge in [-0.15, -0.1) is 0 Å². The summed E-state index contributed by atoms with van der Waals surface area (Å²) in [7, 11) is 2.14. The molecule has 1 aromatic carbocycles. The van der Waals surface area contributed by atoms with Gasteiger partial charge in [-0.1, -0.05) is 41.5 Å². The monoisotopic (exact) mass is 404 g/mol. The van der Waals surface area contributed by atoms with Crippen LogP contribution in [0.1, 0.15) is 70.7 Å². The zero-order valence-corrected chi connectivity index (χ0v) is 21.4. The molecule has 0 aliphatic carbocycles. The van der Waals surface area contributed by atoms with E-state index in [1.165, 1.54) is 6.08 Å². The first kappa shape index (κ1) is 24.2. The van der Waals surface area contributed by atoms with Crippen molar-refractivity contribution in [3.63, 3.8) is 0 Å². The molecule has 0 amide bonds. The van der Waals surface area contributed by atoms with Gasteiger partial charge >= 0.3 is 0 Å². The van der Waals surface area contributed by atoms with Crippen molar-refractivity contribution in [3.8, 4) is 11.5 Å². The highest BCUT2D eigenvalue weighted by Crippen LogP contribution is 2.45. The van der Waals surface area contributed by atoms with Gasteiger partial charge < -0.3 is 9.16 Å². The minimum absolute atomic E-state index is 0.0601. The van der Waals surface area contributed by atoms with Crippen LogP contribution < -0.4 is 9.16 Å². The Bertz CT molecular complexity index is 793. The van der Waals surface area contributed by atoms with E-state index in [9.17, 15) is 9.59 Å². The molecule has 0 aliphatic heterocycles. The van der Waals surface area contributed by atoms with Crippen LogP contribution >= 0.6 is 0 Å². The number of methoxy groups -OCH3 is 1. The smallest absolute Gasteiger partial charge is 0.204 e. The third-order valence-electron chi connectivity index (χ3n) is 5.15. The summed E-state index contributed by atoms with van der Waals surface area (Å²) in [5, 5.41) is 0. The van der Waals surface area contributed by atoms with E-state index in [0.29, 0.717) is 16.2 Å². The Morgan fingerprint density at radius 2 is 1.54 bits per heavy atom. The second-order valence-electron chi connectivity index (χ2n) is 9.43. The quantitative estimate of drug-likeness (QED) is 0.407. The maximum absolute atomic E-state index is 12.6. The number of Topliss-reactive ketones (excluding diaryl/α,β-unsaturated/α-hetero) is 1. The number of benzene rings is 1. The molecular weight excluding hydrogens is 368 g/mol. The molecule has 0 heterocycles. The van der Waals surface area contributed by atoms with Crippen molar-refractivity contribution in [1.82, 2.24) is 0 Å². The number of allylic oxidation sites excluding steroid dienone is 1. The van der Waals surface area contributed by atoms with E-state index in [0.717, 1.165) is 28.0 Å². The van der Waals surface area contributed by atoms with Gasteiger partial charge in [0.2, 0.25) is 10.5 Å². The number of ketones is 2. The Morgan fingerprint density at radius 1 is 1.00 bits per heavy atom. The van der Waals surface area contributed by atoms with E-state index >= 15 is 0 Å². The molecule has 0 aliphatic rings. The molecule has 0 bridgehead atoms. The van der Waals surface area contributed by atoms with Crippen LogP contribution in [0.15, 0.2) is 6.08 Å². The van der Waals surface area contributed by atoms with Crippen LogP contribution in [0, 0.1) is 25.2 Å². The van der Waals surface area contributed by atoms with E-state index in [1.807, 2.05) is 27.7 Å². The SMILES string of the molecule is COc1c(O[SiH3])c(C=CC(=O)C(C)C(=O)C(C)(C)C)c(C)c(C)c1C(C)(C)C. The van der Waals surface area contributed by atoms with Crippen molar-refractivity contribution in [1.29, 1.82) is 0 Å². The van der Waals surface area contributed by atoms with Crippen LogP contribution in [0.3, 0.4) is 0 Å². The molecule has 0 saturated heterocycles. The van der Waals surface area contributed by atoms with Crippen LogP contribution in [-0.2, 0) is 15.0 Å². The standard InChI is InChI=1S/C23H36O4Si/c1-13-14(2)18(22(4,5)6)20(26-10)19(27-28)16(13)11-12-17(24)15(3)21(25)23(7,8)9/h11-12,15H,1-10,28H3. The molecule has 5 heteroatoms. The van der Waals surface area contributed by atoms with Gasteiger partial charge in [0.05, 0.1) is 13.0 Å². The number of hydrogen-bond acceptors (Lipinski definition) is 4. The van der Waals surface area contributed by atoms with Gasteiger partial charge in [0.15, 0.2) is 17.3 Å². The lowest BCUT2D eigenvalue weighted by Crippen LogP contribution is -2.30. The molecule has 0 radical (unpaired) electrons. The van der Waals surface area contributed by atoms with Crippen LogP contribution in [0.4, 0.5) is 0 Å². The van der Waals surface area contributed by atoms with E-state index in [4.69, 9.17) is 9.16 Å². The summed E-state index contributed by atoms with van der Waals surface area (Å²) in [6.07, 6.45) is 3.26. The first-order valence-corrected chi connectivity index (χ1v) is 10.5. The number of carbonyl (C=O) groups excluding carboxylic acids is 2. The van der Waals surface area contributed by atoms with Gasteiger partial charge in [0.1, 0.15) is 5.78 Å². The summed E-state index contributed by atoms with van der Waals surface area (Å²) in [6, 6.07) is 0. The van der Waals surface area contributed by atoms with E-state index in [1.54, 1.807) is 20.1 Å². The zero-order chi connectivity index (χ0) is 22.0. The summed E-state index contributed by atoms with van der Waals surface area (Å²) in [5.74, 6) is 0.455. The Kier molecular flexibility index (Phi) is 7.45. The van der Waals surface area contributed by atoms with E-state index in [2.05, 4.69) is 27.7 Å². The fourth-order valence-corrected chi connectivity index (χ4v) is 3.96. The molecule has 0 spiro atoms. The molecule has 0 fully saturated rings. The van der Waals surface area contributed by atoms with Gasteiger partial charge in [0, 0.05) is 16.5 Å². The average molecular weight is 405 g/mol. The highest BCUT2D eigenvalue weighted by atomic mass is 28.2.